The number of amides is 1. The number of nitrogens with one attached hydrogen (secondary N) is 1. The monoisotopic (exact) mass is 315 g/mol. The average Bonchev–Trinajstić information content (AvgIpc) is 2.53. The van der Waals surface area contributed by atoms with Crippen molar-refractivity contribution in [3.05, 3.63) is 70.2 Å². The first-order chi connectivity index (χ1) is 10.6. The molecule has 1 N–H and O–H groups in total. The van der Waals surface area contributed by atoms with Gasteiger partial charge in [0.15, 0.2) is 0 Å². The van der Waals surface area contributed by atoms with Crippen LogP contribution in [0.1, 0.15) is 42.5 Å². The van der Waals surface area contributed by atoms with Gasteiger partial charge in [-0.15, -0.1) is 0 Å². The zero-order valence-corrected chi connectivity index (χ0v) is 13.9. The zero-order chi connectivity index (χ0) is 15.9. The summed E-state index contributed by atoms with van der Waals surface area (Å²) in [4.78, 5) is 12.2. The van der Waals surface area contributed by atoms with Gasteiger partial charge < -0.3 is 5.32 Å². The van der Waals surface area contributed by atoms with E-state index in [9.17, 15) is 4.79 Å². The molecule has 2 nitrogen and oxygen atoms in total. The Balaban J connectivity index is 1.92. The fourth-order valence-corrected chi connectivity index (χ4v) is 2.67. The first-order valence-electron chi connectivity index (χ1n) is 7.69. The van der Waals surface area contributed by atoms with Crippen LogP contribution in [0, 0.1) is 6.92 Å². The van der Waals surface area contributed by atoms with E-state index < -0.39 is 0 Å². The molecule has 0 aliphatic rings. The predicted molar refractivity (Wildman–Crippen MR) is 92.1 cm³/mol. The first-order valence-corrected chi connectivity index (χ1v) is 8.07. The van der Waals surface area contributed by atoms with Gasteiger partial charge in [-0.2, -0.15) is 0 Å². The number of carbonyl (C=O) groups is 1. The second-order valence-electron chi connectivity index (χ2n) is 5.53. The van der Waals surface area contributed by atoms with Gasteiger partial charge in [0.25, 0.3) is 0 Å². The van der Waals surface area contributed by atoms with Gasteiger partial charge in [0.2, 0.25) is 5.91 Å². The van der Waals surface area contributed by atoms with Crippen molar-refractivity contribution in [2.24, 2.45) is 0 Å². The lowest BCUT2D eigenvalue weighted by molar-refractivity contribution is -0.121. The third-order valence-electron chi connectivity index (χ3n) is 3.80. The molecular weight excluding hydrogens is 294 g/mol. The molecular formula is C19H22ClNO. The highest BCUT2D eigenvalue weighted by molar-refractivity contribution is 6.31. The number of rotatable bonds is 6. The van der Waals surface area contributed by atoms with Crippen LogP contribution in [0.5, 0.6) is 0 Å². The lowest BCUT2D eigenvalue weighted by atomic mass is 10.0. The average molecular weight is 316 g/mol. The summed E-state index contributed by atoms with van der Waals surface area (Å²) in [6.45, 7) is 4.14. The summed E-state index contributed by atoms with van der Waals surface area (Å²) in [6, 6.07) is 16.1. The summed E-state index contributed by atoms with van der Waals surface area (Å²) >= 11 is 6.12. The van der Waals surface area contributed by atoms with E-state index in [1.165, 1.54) is 5.56 Å². The van der Waals surface area contributed by atoms with Crippen LogP contribution in [0.4, 0.5) is 0 Å². The van der Waals surface area contributed by atoms with E-state index in [4.69, 9.17) is 11.6 Å². The highest BCUT2D eigenvalue weighted by Gasteiger charge is 2.13. The number of halogens is 1. The van der Waals surface area contributed by atoms with Crippen LogP contribution >= 0.6 is 11.6 Å². The van der Waals surface area contributed by atoms with Crippen molar-refractivity contribution in [3.8, 4) is 0 Å². The van der Waals surface area contributed by atoms with E-state index in [2.05, 4.69) is 43.4 Å². The zero-order valence-electron chi connectivity index (χ0n) is 13.1. The van der Waals surface area contributed by atoms with E-state index >= 15 is 0 Å². The standard InChI is InChI=1S/C19H22ClNO/c1-3-18(16-10-8-14(2)9-11-16)21-19(22)13-12-15-6-4-5-7-17(15)20/h4-11,18H,3,12-13H2,1-2H3,(H,21,22). The molecule has 0 fully saturated rings. The summed E-state index contributed by atoms with van der Waals surface area (Å²) < 4.78 is 0. The second-order valence-corrected chi connectivity index (χ2v) is 5.94. The Morgan fingerprint density at radius 2 is 1.82 bits per heavy atom. The normalized spacial score (nSPS) is 12.0. The maximum Gasteiger partial charge on any atom is 0.220 e. The number of aryl methyl sites for hydroxylation is 2. The second kappa shape index (κ2) is 8.00. The van der Waals surface area contributed by atoms with Gasteiger partial charge in [-0.3, -0.25) is 4.79 Å². The van der Waals surface area contributed by atoms with Crippen LogP contribution < -0.4 is 5.32 Å². The summed E-state index contributed by atoms with van der Waals surface area (Å²) in [5.41, 5.74) is 3.39. The molecule has 2 aromatic carbocycles. The molecule has 1 unspecified atom stereocenters. The molecule has 0 saturated heterocycles. The Kier molecular flexibility index (Phi) is 6.02. The fraction of sp³-hybridized carbons (Fsp3) is 0.316. The minimum atomic E-state index is 0.0624. The summed E-state index contributed by atoms with van der Waals surface area (Å²) in [6.07, 6.45) is 1.99. The van der Waals surface area contributed by atoms with Crippen LogP contribution in [-0.2, 0) is 11.2 Å². The number of carbonyl (C=O) groups excluding carboxylic acids is 1. The molecule has 3 heteroatoms. The van der Waals surface area contributed by atoms with Gasteiger partial charge in [0.1, 0.15) is 0 Å². The Labute approximate surface area is 137 Å². The van der Waals surface area contributed by atoms with Crippen molar-refractivity contribution in [2.45, 2.75) is 39.2 Å². The third-order valence-corrected chi connectivity index (χ3v) is 4.17. The molecule has 1 amide bonds. The lowest BCUT2D eigenvalue weighted by Gasteiger charge is -2.18. The molecule has 0 aromatic heterocycles. The molecule has 0 radical (unpaired) electrons. The molecule has 2 rings (SSSR count). The van der Waals surface area contributed by atoms with Crippen molar-refractivity contribution in [3.63, 3.8) is 0 Å². The SMILES string of the molecule is CCC(NC(=O)CCc1ccccc1Cl)c1ccc(C)cc1. The summed E-state index contributed by atoms with van der Waals surface area (Å²) in [7, 11) is 0. The van der Waals surface area contributed by atoms with E-state index in [-0.39, 0.29) is 11.9 Å². The summed E-state index contributed by atoms with van der Waals surface area (Å²) in [5.74, 6) is 0.0624. The largest absolute Gasteiger partial charge is 0.349 e. The third kappa shape index (κ3) is 4.60. The Morgan fingerprint density at radius 3 is 2.45 bits per heavy atom. The highest BCUT2D eigenvalue weighted by atomic mass is 35.5. The fourth-order valence-electron chi connectivity index (χ4n) is 2.44. The van der Waals surface area contributed by atoms with Gasteiger partial charge in [-0.1, -0.05) is 66.6 Å². The topological polar surface area (TPSA) is 29.1 Å². The smallest absolute Gasteiger partial charge is 0.220 e. The predicted octanol–water partition coefficient (Wildman–Crippen LogP) is 4.85. The van der Waals surface area contributed by atoms with E-state index in [0.29, 0.717) is 12.8 Å². The van der Waals surface area contributed by atoms with Crippen molar-refractivity contribution in [1.29, 1.82) is 0 Å². The van der Waals surface area contributed by atoms with Crippen LogP contribution in [0.2, 0.25) is 5.02 Å². The maximum absolute atomic E-state index is 12.2. The van der Waals surface area contributed by atoms with Gasteiger partial charge in [-0.25, -0.2) is 0 Å². The highest BCUT2D eigenvalue weighted by Crippen LogP contribution is 2.19. The van der Waals surface area contributed by atoms with Gasteiger partial charge in [0.05, 0.1) is 6.04 Å². The van der Waals surface area contributed by atoms with E-state index in [0.717, 1.165) is 22.6 Å². The molecule has 0 saturated carbocycles. The molecule has 2 aromatic rings. The molecule has 1 atom stereocenters. The van der Waals surface area contributed by atoms with E-state index in [1.54, 1.807) is 0 Å². The van der Waals surface area contributed by atoms with Crippen LogP contribution in [0.3, 0.4) is 0 Å². The molecule has 22 heavy (non-hydrogen) atoms. The van der Waals surface area contributed by atoms with E-state index in [1.807, 2.05) is 24.3 Å². The van der Waals surface area contributed by atoms with Gasteiger partial charge >= 0.3 is 0 Å². The molecule has 0 spiro atoms. The Hall–Kier alpha value is -1.80. The van der Waals surface area contributed by atoms with Crippen molar-refractivity contribution in [1.82, 2.24) is 5.32 Å². The van der Waals surface area contributed by atoms with Crippen molar-refractivity contribution >= 4 is 17.5 Å². The van der Waals surface area contributed by atoms with Crippen molar-refractivity contribution in [2.75, 3.05) is 0 Å². The van der Waals surface area contributed by atoms with Crippen LogP contribution in [-0.4, -0.2) is 5.91 Å². The van der Waals surface area contributed by atoms with Crippen molar-refractivity contribution < 1.29 is 4.79 Å². The van der Waals surface area contributed by atoms with Crippen LogP contribution in [0.15, 0.2) is 48.5 Å². The Morgan fingerprint density at radius 1 is 1.14 bits per heavy atom. The lowest BCUT2D eigenvalue weighted by Crippen LogP contribution is -2.28. The molecule has 0 aliphatic carbocycles. The number of hydrogen-bond donors (Lipinski definition) is 1. The van der Waals surface area contributed by atoms with Crippen LogP contribution in [0.25, 0.3) is 0 Å². The number of hydrogen-bond acceptors (Lipinski definition) is 1. The number of benzene rings is 2. The van der Waals surface area contributed by atoms with Gasteiger partial charge in [-0.05, 0) is 37.0 Å². The quantitative estimate of drug-likeness (QED) is 0.811. The molecule has 116 valence electrons. The minimum absolute atomic E-state index is 0.0624. The first kappa shape index (κ1) is 16.6. The minimum Gasteiger partial charge on any atom is -0.349 e. The summed E-state index contributed by atoms with van der Waals surface area (Å²) in [5, 5.41) is 3.83. The maximum atomic E-state index is 12.2. The Bertz CT molecular complexity index is 622. The molecule has 0 heterocycles. The molecule has 0 bridgehead atoms. The van der Waals surface area contributed by atoms with Gasteiger partial charge in [0, 0.05) is 11.4 Å². The molecule has 0 aliphatic heterocycles.